The first-order valence-electron chi connectivity index (χ1n) is 8.52. The van der Waals surface area contributed by atoms with Crippen LogP contribution in [0.4, 0.5) is 5.13 Å². The van der Waals surface area contributed by atoms with E-state index in [1.807, 2.05) is 38.1 Å². The van der Waals surface area contributed by atoms with E-state index in [1.165, 1.54) is 16.9 Å². The molecule has 0 saturated carbocycles. The molecule has 1 fully saturated rings. The molecule has 2 heterocycles. The quantitative estimate of drug-likeness (QED) is 0.854. The van der Waals surface area contributed by atoms with Crippen molar-refractivity contribution >= 4 is 22.4 Å². The minimum atomic E-state index is -0.765. The van der Waals surface area contributed by atoms with Crippen molar-refractivity contribution in [2.24, 2.45) is 0 Å². The van der Waals surface area contributed by atoms with Gasteiger partial charge in [0.2, 0.25) is 5.13 Å². The summed E-state index contributed by atoms with van der Waals surface area (Å²) in [6.45, 7) is 5.02. The number of aryl methyl sites for hydroxylation is 1. The first kappa shape index (κ1) is 17.8. The van der Waals surface area contributed by atoms with Gasteiger partial charge in [0.05, 0.1) is 6.61 Å². The van der Waals surface area contributed by atoms with Gasteiger partial charge in [-0.25, -0.2) is 0 Å². The maximum atomic E-state index is 12.4. The summed E-state index contributed by atoms with van der Waals surface area (Å²) in [6.07, 6.45) is 3.39. The van der Waals surface area contributed by atoms with Gasteiger partial charge in [-0.05, 0) is 45.2 Å². The lowest BCUT2D eigenvalue weighted by molar-refractivity contribution is -0.144. The van der Waals surface area contributed by atoms with Gasteiger partial charge >= 0.3 is 0 Å². The highest BCUT2D eigenvalue weighted by molar-refractivity contribution is 7.15. The normalized spacial score (nSPS) is 20.2. The van der Waals surface area contributed by atoms with Gasteiger partial charge in [-0.1, -0.05) is 29.0 Å². The number of hydrogen-bond donors (Lipinski definition) is 1. The van der Waals surface area contributed by atoms with Gasteiger partial charge < -0.3 is 9.47 Å². The molecule has 3 rings (SSSR count). The highest BCUT2D eigenvalue weighted by atomic mass is 32.1. The van der Waals surface area contributed by atoms with Crippen LogP contribution in [-0.4, -0.2) is 34.9 Å². The van der Waals surface area contributed by atoms with Gasteiger partial charge in [0.1, 0.15) is 16.4 Å². The van der Waals surface area contributed by atoms with E-state index < -0.39 is 5.60 Å². The minimum absolute atomic E-state index is 0.147. The standard InChI is InChI=1S/C18H23N3O3S/c1-13-5-7-14(8-6-13)23-12-9-15-20-21-17(25-15)19-16(22)18(2)10-3-4-11-24-18/h5-8H,3-4,9-12H2,1-2H3,(H,19,21,22)/t18-/m1/s1. The minimum Gasteiger partial charge on any atom is -0.493 e. The first-order chi connectivity index (χ1) is 12.0. The van der Waals surface area contributed by atoms with Crippen molar-refractivity contribution in [1.29, 1.82) is 0 Å². The molecule has 25 heavy (non-hydrogen) atoms. The molecule has 1 aromatic heterocycles. The van der Waals surface area contributed by atoms with Crippen LogP contribution in [0.25, 0.3) is 0 Å². The summed E-state index contributed by atoms with van der Waals surface area (Å²) < 4.78 is 11.4. The first-order valence-corrected chi connectivity index (χ1v) is 9.34. The van der Waals surface area contributed by atoms with E-state index in [0.29, 0.717) is 24.8 Å². The molecule has 1 aromatic carbocycles. The average Bonchev–Trinajstić information content (AvgIpc) is 3.05. The van der Waals surface area contributed by atoms with Crippen LogP contribution < -0.4 is 10.1 Å². The molecule has 1 saturated heterocycles. The Balaban J connectivity index is 1.48. The van der Waals surface area contributed by atoms with Gasteiger partial charge in [0.15, 0.2) is 0 Å². The zero-order chi connectivity index (χ0) is 17.7. The highest BCUT2D eigenvalue weighted by Gasteiger charge is 2.36. The van der Waals surface area contributed by atoms with Crippen molar-refractivity contribution in [3.8, 4) is 5.75 Å². The molecule has 0 bridgehead atoms. The van der Waals surface area contributed by atoms with E-state index in [0.717, 1.165) is 30.0 Å². The maximum Gasteiger partial charge on any atom is 0.258 e. The van der Waals surface area contributed by atoms with Crippen LogP contribution in [0, 0.1) is 6.92 Å². The third-order valence-electron chi connectivity index (χ3n) is 4.24. The number of nitrogens with one attached hydrogen (secondary N) is 1. The largest absolute Gasteiger partial charge is 0.493 e. The predicted octanol–water partition coefficient (Wildman–Crippen LogP) is 3.37. The molecule has 0 radical (unpaired) electrons. The fraction of sp³-hybridized carbons (Fsp3) is 0.500. The number of nitrogens with zero attached hydrogens (tertiary/aromatic N) is 2. The van der Waals surface area contributed by atoms with Crippen LogP contribution in [0.2, 0.25) is 0 Å². The third kappa shape index (κ3) is 4.76. The molecule has 6 nitrogen and oxygen atoms in total. The van der Waals surface area contributed by atoms with Gasteiger partial charge in [0, 0.05) is 13.0 Å². The van der Waals surface area contributed by atoms with Crippen molar-refractivity contribution in [3.05, 3.63) is 34.8 Å². The maximum absolute atomic E-state index is 12.4. The van der Waals surface area contributed by atoms with Gasteiger partial charge in [-0.15, -0.1) is 10.2 Å². The molecule has 1 aliphatic heterocycles. The number of benzene rings is 1. The molecular weight excluding hydrogens is 338 g/mol. The molecule has 2 aromatic rings. The van der Waals surface area contributed by atoms with Crippen molar-refractivity contribution in [2.75, 3.05) is 18.5 Å². The molecule has 1 atom stereocenters. The Kier molecular flexibility index (Phi) is 5.65. The molecule has 7 heteroatoms. The number of ether oxygens (including phenoxy) is 2. The van der Waals surface area contributed by atoms with E-state index >= 15 is 0 Å². The van der Waals surface area contributed by atoms with Crippen molar-refractivity contribution < 1.29 is 14.3 Å². The number of aromatic nitrogens is 2. The Morgan fingerprint density at radius 2 is 2.12 bits per heavy atom. The summed E-state index contributed by atoms with van der Waals surface area (Å²) in [6, 6.07) is 7.93. The fourth-order valence-corrected chi connectivity index (χ4v) is 3.35. The molecule has 0 spiro atoms. The Morgan fingerprint density at radius 1 is 1.32 bits per heavy atom. The van der Waals surface area contributed by atoms with Gasteiger partial charge in [0.25, 0.3) is 5.91 Å². The van der Waals surface area contributed by atoms with Crippen LogP contribution in [0.3, 0.4) is 0 Å². The van der Waals surface area contributed by atoms with E-state index in [4.69, 9.17) is 9.47 Å². The number of carbonyl (C=O) groups excluding carboxylic acids is 1. The zero-order valence-corrected chi connectivity index (χ0v) is 15.4. The van der Waals surface area contributed by atoms with Crippen LogP contribution in [0.1, 0.15) is 36.8 Å². The Labute approximate surface area is 151 Å². The summed E-state index contributed by atoms with van der Waals surface area (Å²) >= 11 is 1.37. The Bertz CT molecular complexity index is 709. The number of rotatable bonds is 6. The number of carbonyl (C=O) groups is 1. The van der Waals surface area contributed by atoms with Crippen LogP contribution in [0.15, 0.2) is 24.3 Å². The topological polar surface area (TPSA) is 73.3 Å². The van der Waals surface area contributed by atoms with Crippen LogP contribution in [0.5, 0.6) is 5.75 Å². The molecular formula is C18H23N3O3S. The van der Waals surface area contributed by atoms with Gasteiger partial charge in [-0.2, -0.15) is 0 Å². The molecule has 1 N–H and O–H groups in total. The van der Waals surface area contributed by atoms with E-state index in [-0.39, 0.29) is 5.91 Å². The zero-order valence-electron chi connectivity index (χ0n) is 14.6. The lowest BCUT2D eigenvalue weighted by atomic mass is 9.95. The molecule has 1 aliphatic rings. The second-order valence-corrected chi connectivity index (χ2v) is 7.47. The van der Waals surface area contributed by atoms with E-state index in [1.54, 1.807) is 0 Å². The number of hydrogen-bond acceptors (Lipinski definition) is 6. The molecule has 0 unspecified atom stereocenters. The van der Waals surface area contributed by atoms with Gasteiger partial charge in [-0.3, -0.25) is 10.1 Å². The highest BCUT2D eigenvalue weighted by Crippen LogP contribution is 2.27. The van der Waals surface area contributed by atoms with E-state index in [2.05, 4.69) is 15.5 Å². The summed E-state index contributed by atoms with van der Waals surface area (Å²) in [5, 5.41) is 12.3. The Hall–Kier alpha value is -1.99. The summed E-state index contributed by atoms with van der Waals surface area (Å²) in [5.41, 5.74) is 0.436. The second kappa shape index (κ2) is 7.93. The monoisotopic (exact) mass is 361 g/mol. The predicted molar refractivity (Wildman–Crippen MR) is 97.1 cm³/mol. The third-order valence-corrected chi connectivity index (χ3v) is 5.14. The summed E-state index contributed by atoms with van der Waals surface area (Å²) in [5.74, 6) is 0.691. The second-order valence-electron chi connectivity index (χ2n) is 6.40. The summed E-state index contributed by atoms with van der Waals surface area (Å²) in [4.78, 5) is 12.4. The van der Waals surface area contributed by atoms with Crippen LogP contribution >= 0.6 is 11.3 Å². The smallest absolute Gasteiger partial charge is 0.258 e. The molecule has 0 aliphatic carbocycles. The fourth-order valence-electron chi connectivity index (χ4n) is 2.64. The van der Waals surface area contributed by atoms with Crippen molar-refractivity contribution in [3.63, 3.8) is 0 Å². The SMILES string of the molecule is Cc1ccc(OCCc2nnc(NC(=O)[C@@]3(C)CCCCO3)s2)cc1. The molecule has 1 amide bonds. The summed E-state index contributed by atoms with van der Waals surface area (Å²) in [7, 11) is 0. The Morgan fingerprint density at radius 3 is 2.84 bits per heavy atom. The van der Waals surface area contributed by atoms with Crippen molar-refractivity contribution in [1.82, 2.24) is 10.2 Å². The number of anilines is 1. The van der Waals surface area contributed by atoms with Crippen LogP contribution in [-0.2, 0) is 16.0 Å². The molecule has 134 valence electrons. The van der Waals surface area contributed by atoms with Crippen molar-refractivity contribution in [2.45, 2.75) is 45.1 Å². The number of amides is 1. The lowest BCUT2D eigenvalue weighted by Gasteiger charge is -2.31. The average molecular weight is 361 g/mol. The van der Waals surface area contributed by atoms with E-state index in [9.17, 15) is 4.79 Å². The lowest BCUT2D eigenvalue weighted by Crippen LogP contribution is -2.44.